The van der Waals surface area contributed by atoms with Crippen molar-refractivity contribution in [1.82, 2.24) is 0 Å². The SMILES string of the molecule is COc1ccc(S(=O)(=O)c2cc(Nc3ccc(C)cc3)ccc2O)cc1. The third-order valence-corrected chi connectivity index (χ3v) is 5.76. The number of phenolic OH excluding ortho intramolecular Hbond substituents is 1. The van der Waals surface area contributed by atoms with E-state index < -0.39 is 9.84 Å². The monoisotopic (exact) mass is 369 g/mol. The first kappa shape index (κ1) is 17.8. The van der Waals surface area contributed by atoms with E-state index in [2.05, 4.69) is 5.32 Å². The molecule has 3 aromatic carbocycles. The van der Waals surface area contributed by atoms with Gasteiger partial charge in [-0.15, -0.1) is 0 Å². The highest BCUT2D eigenvalue weighted by molar-refractivity contribution is 7.91. The van der Waals surface area contributed by atoms with E-state index in [1.165, 1.54) is 31.4 Å². The molecule has 0 unspecified atom stereocenters. The number of hydrogen-bond acceptors (Lipinski definition) is 5. The summed E-state index contributed by atoms with van der Waals surface area (Å²) >= 11 is 0. The molecule has 0 heterocycles. The molecule has 0 saturated carbocycles. The second-order valence-electron chi connectivity index (χ2n) is 5.85. The van der Waals surface area contributed by atoms with Crippen LogP contribution in [0, 0.1) is 6.92 Å². The van der Waals surface area contributed by atoms with Crippen LogP contribution >= 0.6 is 0 Å². The molecule has 0 radical (unpaired) electrons. The van der Waals surface area contributed by atoms with Crippen molar-refractivity contribution in [3.8, 4) is 11.5 Å². The lowest BCUT2D eigenvalue weighted by Gasteiger charge is -2.11. The van der Waals surface area contributed by atoms with Gasteiger partial charge in [0.2, 0.25) is 9.84 Å². The zero-order chi connectivity index (χ0) is 18.7. The molecule has 0 spiro atoms. The van der Waals surface area contributed by atoms with E-state index in [0.717, 1.165) is 11.3 Å². The summed E-state index contributed by atoms with van der Waals surface area (Å²) in [5, 5.41) is 13.2. The lowest BCUT2D eigenvalue weighted by atomic mass is 10.2. The van der Waals surface area contributed by atoms with Gasteiger partial charge in [0.1, 0.15) is 16.4 Å². The highest BCUT2D eigenvalue weighted by atomic mass is 32.2. The summed E-state index contributed by atoms with van der Waals surface area (Å²) in [6.07, 6.45) is 0. The van der Waals surface area contributed by atoms with Gasteiger partial charge in [-0.2, -0.15) is 0 Å². The zero-order valence-electron chi connectivity index (χ0n) is 14.4. The Kier molecular flexibility index (Phi) is 4.86. The van der Waals surface area contributed by atoms with Gasteiger partial charge in [0.15, 0.2) is 0 Å². The number of aromatic hydroxyl groups is 1. The predicted molar refractivity (Wildman–Crippen MR) is 101 cm³/mol. The van der Waals surface area contributed by atoms with Gasteiger partial charge in [-0.25, -0.2) is 8.42 Å². The lowest BCUT2D eigenvalue weighted by molar-refractivity contribution is 0.414. The third-order valence-electron chi connectivity index (χ3n) is 3.96. The van der Waals surface area contributed by atoms with E-state index in [4.69, 9.17) is 4.74 Å². The van der Waals surface area contributed by atoms with Gasteiger partial charge in [0.25, 0.3) is 0 Å². The Labute approximate surface area is 152 Å². The molecule has 3 aromatic rings. The second-order valence-corrected chi connectivity index (χ2v) is 7.77. The number of aryl methyl sites for hydroxylation is 1. The first-order chi connectivity index (χ1) is 12.4. The van der Waals surface area contributed by atoms with Crippen molar-refractivity contribution >= 4 is 21.2 Å². The molecule has 0 aliphatic heterocycles. The van der Waals surface area contributed by atoms with E-state index >= 15 is 0 Å². The van der Waals surface area contributed by atoms with Crippen LogP contribution in [0.3, 0.4) is 0 Å². The Morgan fingerprint density at radius 2 is 1.50 bits per heavy atom. The quantitative estimate of drug-likeness (QED) is 0.656. The van der Waals surface area contributed by atoms with Crippen LogP contribution in [-0.2, 0) is 9.84 Å². The van der Waals surface area contributed by atoms with E-state index in [1.807, 2.05) is 31.2 Å². The Bertz CT molecular complexity index is 1010. The summed E-state index contributed by atoms with van der Waals surface area (Å²) in [5.41, 5.74) is 2.52. The maximum absolute atomic E-state index is 12.9. The highest BCUT2D eigenvalue weighted by Gasteiger charge is 2.22. The topological polar surface area (TPSA) is 75.6 Å². The van der Waals surface area contributed by atoms with Crippen molar-refractivity contribution in [1.29, 1.82) is 0 Å². The summed E-state index contributed by atoms with van der Waals surface area (Å²) < 4.78 is 30.8. The van der Waals surface area contributed by atoms with Crippen LogP contribution in [0.2, 0.25) is 0 Å². The summed E-state index contributed by atoms with van der Waals surface area (Å²) in [5.74, 6) is 0.262. The number of benzene rings is 3. The van der Waals surface area contributed by atoms with Gasteiger partial charge in [0.05, 0.1) is 12.0 Å². The fourth-order valence-electron chi connectivity index (χ4n) is 2.49. The molecule has 0 bridgehead atoms. The molecule has 0 aliphatic rings. The van der Waals surface area contributed by atoms with Crippen molar-refractivity contribution in [2.24, 2.45) is 0 Å². The van der Waals surface area contributed by atoms with Crippen molar-refractivity contribution < 1.29 is 18.3 Å². The largest absolute Gasteiger partial charge is 0.507 e. The first-order valence-electron chi connectivity index (χ1n) is 7.96. The van der Waals surface area contributed by atoms with Crippen molar-refractivity contribution in [2.45, 2.75) is 16.7 Å². The number of sulfone groups is 1. The normalized spacial score (nSPS) is 11.2. The molecule has 5 nitrogen and oxygen atoms in total. The molecule has 0 aromatic heterocycles. The van der Waals surface area contributed by atoms with Gasteiger partial charge in [0, 0.05) is 11.4 Å². The standard InChI is InChI=1S/C20H19NO4S/c1-14-3-5-15(6-4-14)21-16-7-12-19(22)20(13-16)26(23,24)18-10-8-17(25-2)9-11-18/h3-13,21-22H,1-2H3. The van der Waals surface area contributed by atoms with Crippen LogP contribution in [-0.4, -0.2) is 20.6 Å². The van der Waals surface area contributed by atoms with Crippen LogP contribution in [0.15, 0.2) is 76.5 Å². The number of ether oxygens (including phenoxy) is 1. The molecule has 0 atom stereocenters. The number of hydrogen-bond donors (Lipinski definition) is 2. The van der Waals surface area contributed by atoms with Crippen LogP contribution in [0.4, 0.5) is 11.4 Å². The molecule has 3 rings (SSSR count). The van der Waals surface area contributed by atoms with E-state index in [0.29, 0.717) is 11.4 Å². The number of nitrogens with one attached hydrogen (secondary N) is 1. The third kappa shape index (κ3) is 3.65. The smallest absolute Gasteiger partial charge is 0.210 e. The number of phenols is 1. The first-order valence-corrected chi connectivity index (χ1v) is 9.44. The average Bonchev–Trinajstić information content (AvgIpc) is 2.65. The fraction of sp³-hybridized carbons (Fsp3) is 0.100. The summed E-state index contributed by atoms with van der Waals surface area (Å²) in [6, 6.07) is 18.2. The molecule has 134 valence electrons. The number of rotatable bonds is 5. The Hall–Kier alpha value is -2.99. The summed E-state index contributed by atoms with van der Waals surface area (Å²) in [7, 11) is -2.35. The average molecular weight is 369 g/mol. The van der Waals surface area contributed by atoms with Crippen LogP contribution in [0.1, 0.15) is 5.56 Å². The Morgan fingerprint density at radius 1 is 0.885 bits per heavy atom. The molecule has 0 saturated heterocycles. The molecule has 26 heavy (non-hydrogen) atoms. The van der Waals surface area contributed by atoms with Gasteiger partial charge in [-0.1, -0.05) is 17.7 Å². The molecule has 2 N–H and O–H groups in total. The van der Waals surface area contributed by atoms with Gasteiger partial charge in [-0.05, 0) is 61.5 Å². The molecule has 6 heteroatoms. The van der Waals surface area contributed by atoms with Gasteiger partial charge < -0.3 is 15.2 Å². The summed E-state index contributed by atoms with van der Waals surface area (Å²) in [4.78, 5) is -0.0686. The van der Waals surface area contributed by atoms with Crippen molar-refractivity contribution in [3.63, 3.8) is 0 Å². The van der Waals surface area contributed by atoms with E-state index in [1.54, 1.807) is 18.2 Å². The number of anilines is 2. The van der Waals surface area contributed by atoms with Gasteiger partial charge in [-0.3, -0.25) is 0 Å². The highest BCUT2D eigenvalue weighted by Crippen LogP contribution is 2.32. The Morgan fingerprint density at radius 3 is 2.12 bits per heavy atom. The number of methoxy groups -OCH3 is 1. The zero-order valence-corrected chi connectivity index (χ0v) is 15.2. The van der Waals surface area contributed by atoms with E-state index in [9.17, 15) is 13.5 Å². The maximum atomic E-state index is 12.9. The van der Waals surface area contributed by atoms with Gasteiger partial charge >= 0.3 is 0 Å². The van der Waals surface area contributed by atoms with Crippen molar-refractivity contribution in [3.05, 3.63) is 72.3 Å². The molecular weight excluding hydrogens is 350 g/mol. The molecule has 0 aliphatic carbocycles. The van der Waals surface area contributed by atoms with Crippen molar-refractivity contribution in [2.75, 3.05) is 12.4 Å². The minimum absolute atomic E-state index is 0.0843. The summed E-state index contributed by atoms with van der Waals surface area (Å²) in [6.45, 7) is 1.99. The molecular formula is C20H19NO4S. The Balaban J connectivity index is 1.96. The second kappa shape index (κ2) is 7.09. The lowest BCUT2D eigenvalue weighted by Crippen LogP contribution is -2.03. The fourth-order valence-corrected chi connectivity index (χ4v) is 3.87. The predicted octanol–water partition coefficient (Wildman–Crippen LogP) is 4.29. The molecule has 0 fully saturated rings. The minimum atomic E-state index is -3.86. The maximum Gasteiger partial charge on any atom is 0.210 e. The van der Waals surface area contributed by atoms with E-state index in [-0.39, 0.29) is 15.5 Å². The molecule has 0 amide bonds. The van der Waals surface area contributed by atoms with Crippen LogP contribution < -0.4 is 10.1 Å². The van der Waals surface area contributed by atoms with Crippen LogP contribution in [0.25, 0.3) is 0 Å². The minimum Gasteiger partial charge on any atom is -0.507 e. The van der Waals surface area contributed by atoms with Crippen LogP contribution in [0.5, 0.6) is 11.5 Å².